The Bertz CT molecular complexity index is 1490. The van der Waals surface area contributed by atoms with Crippen molar-refractivity contribution >= 4 is 49.0 Å². The highest BCUT2D eigenvalue weighted by Gasteiger charge is 2.17. The molecule has 1 heterocycles. The number of halogens is 3. The minimum Gasteiger partial charge on any atom is -0.493 e. The van der Waals surface area contributed by atoms with Crippen LogP contribution in [0.2, 0.25) is 0 Å². The Morgan fingerprint density at radius 2 is 1.86 bits per heavy atom. The summed E-state index contributed by atoms with van der Waals surface area (Å²) in [4.78, 5) is 18.2. The molecule has 3 aromatic carbocycles. The van der Waals surface area contributed by atoms with Gasteiger partial charge in [0.05, 0.1) is 24.2 Å². The van der Waals surface area contributed by atoms with Crippen LogP contribution in [-0.4, -0.2) is 23.0 Å². The van der Waals surface area contributed by atoms with E-state index in [0.29, 0.717) is 33.8 Å². The first-order valence-corrected chi connectivity index (χ1v) is 12.9. The number of hydrogen-bond donors (Lipinski definition) is 0. The predicted octanol–water partition coefficient (Wildman–Crippen LogP) is 7.04. The van der Waals surface area contributed by atoms with Gasteiger partial charge in [0.15, 0.2) is 11.5 Å². The van der Waals surface area contributed by atoms with Crippen LogP contribution in [0.25, 0.3) is 10.9 Å². The minimum absolute atomic E-state index is 0.00846. The van der Waals surface area contributed by atoms with Crippen LogP contribution in [0.3, 0.4) is 0 Å². The quantitative estimate of drug-likeness (QED) is 0.199. The number of aromatic nitrogens is 2. The van der Waals surface area contributed by atoms with Gasteiger partial charge in [0.2, 0.25) is 0 Å². The Labute approximate surface area is 225 Å². The van der Waals surface area contributed by atoms with Gasteiger partial charge in [-0.25, -0.2) is 9.37 Å². The lowest BCUT2D eigenvalue weighted by atomic mass is 10.1. The molecule has 0 N–H and O–H groups in total. The zero-order chi connectivity index (χ0) is 25.8. The van der Waals surface area contributed by atoms with Gasteiger partial charge in [-0.05, 0) is 54.4 Å². The van der Waals surface area contributed by atoms with Gasteiger partial charge in [0.25, 0.3) is 5.56 Å². The van der Waals surface area contributed by atoms with Crippen molar-refractivity contribution < 1.29 is 13.9 Å². The molecule has 0 spiro atoms. The van der Waals surface area contributed by atoms with Gasteiger partial charge in [0, 0.05) is 20.4 Å². The lowest BCUT2D eigenvalue weighted by Crippen LogP contribution is -2.23. The number of benzene rings is 3. The molecule has 0 aliphatic carbocycles. The Morgan fingerprint density at radius 1 is 1.11 bits per heavy atom. The van der Waals surface area contributed by atoms with Crippen LogP contribution < -0.4 is 15.0 Å². The minimum atomic E-state index is -0.314. The zero-order valence-corrected chi connectivity index (χ0v) is 23.1. The van der Waals surface area contributed by atoms with Crippen molar-refractivity contribution in [2.75, 3.05) is 7.11 Å². The van der Waals surface area contributed by atoms with Crippen molar-refractivity contribution in [1.82, 2.24) is 9.66 Å². The number of nitrogens with zero attached hydrogens (tertiary/aromatic N) is 3. The van der Waals surface area contributed by atoms with Crippen molar-refractivity contribution in [2.45, 2.75) is 32.8 Å². The van der Waals surface area contributed by atoms with Gasteiger partial charge in [-0.3, -0.25) is 4.79 Å². The highest BCUT2D eigenvalue weighted by molar-refractivity contribution is 9.10. The van der Waals surface area contributed by atoms with Gasteiger partial charge in [0.1, 0.15) is 18.2 Å². The van der Waals surface area contributed by atoms with E-state index >= 15 is 0 Å². The molecule has 0 aliphatic rings. The lowest BCUT2D eigenvalue weighted by Gasteiger charge is -2.16. The largest absolute Gasteiger partial charge is 0.493 e. The fourth-order valence-corrected chi connectivity index (χ4v) is 4.44. The number of rotatable bonds is 8. The van der Waals surface area contributed by atoms with Crippen molar-refractivity contribution in [3.8, 4) is 11.5 Å². The topological polar surface area (TPSA) is 65.7 Å². The monoisotopic (exact) mass is 615 g/mol. The number of methoxy groups -OCH3 is 1. The van der Waals surface area contributed by atoms with E-state index in [1.807, 2.05) is 32.0 Å². The zero-order valence-electron chi connectivity index (χ0n) is 20.0. The summed E-state index contributed by atoms with van der Waals surface area (Å²) in [6.07, 6.45) is 2.35. The smallest absolute Gasteiger partial charge is 0.282 e. The highest BCUT2D eigenvalue weighted by Crippen LogP contribution is 2.35. The number of ether oxygens (including phenoxy) is 2. The molecule has 0 fully saturated rings. The van der Waals surface area contributed by atoms with Gasteiger partial charge < -0.3 is 9.47 Å². The van der Waals surface area contributed by atoms with Crippen molar-refractivity contribution in [1.29, 1.82) is 0 Å². The molecule has 4 rings (SSSR count). The normalized spacial score (nSPS) is 12.3. The maximum Gasteiger partial charge on any atom is 0.282 e. The molecule has 36 heavy (non-hydrogen) atoms. The molecule has 0 aliphatic heterocycles. The molecule has 0 unspecified atom stereocenters. The molecule has 6 nitrogen and oxygen atoms in total. The fourth-order valence-electron chi connectivity index (χ4n) is 3.63. The summed E-state index contributed by atoms with van der Waals surface area (Å²) in [6, 6.07) is 15.1. The summed E-state index contributed by atoms with van der Waals surface area (Å²) >= 11 is 6.93. The standard InChI is InChI=1S/C27H24Br2FN3O3/c1-4-16(2)26-32-23-10-7-19(28)12-22(23)27(34)33(26)31-14-18-11-20(29)13-24(35-3)25(18)36-15-17-5-8-21(30)9-6-17/h5-14,16H,4,15H2,1-3H3/t16-/m0/s1. The third kappa shape index (κ3) is 5.68. The summed E-state index contributed by atoms with van der Waals surface area (Å²) in [5, 5.41) is 5.03. The Kier molecular flexibility index (Phi) is 8.21. The average molecular weight is 617 g/mol. The molecule has 9 heteroatoms. The predicted molar refractivity (Wildman–Crippen MR) is 147 cm³/mol. The van der Waals surface area contributed by atoms with Crippen LogP contribution in [0.4, 0.5) is 4.39 Å². The highest BCUT2D eigenvalue weighted by atomic mass is 79.9. The third-order valence-corrected chi connectivity index (χ3v) is 6.71. The van der Waals surface area contributed by atoms with Gasteiger partial charge in [-0.2, -0.15) is 9.78 Å². The Hall–Kier alpha value is -3.04. The molecule has 0 radical (unpaired) electrons. The molecule has 4 aromatic rings. The molecule has 1 atom stereocenters. The van der Waals surface area contributed by atoms with Gasteiger partial charge >= 0.3 is 0 Å². The Balaban J connectivity index is 1.80. The van der Waals surface area contributed by atoms with Crippen LogP contribution in [0.5, 0.6) is 11.5 Å². The molecular formula is C27H24Br2FN3O3. The second-order valence-corrected chi connectivity index (χ2v) is 10.1. The molecule has 0 saturated carbocycles. The van der Waals surface area contributed by atoms with E-state index in [-0.39, 0.29) is 23.9 Å². The van der Waals surface area contributed by atoms with E-state index in [9.17, 15) is 9.18 Å². The van der Waals surface area contributed by atoms with Crippen LogP contribution in [0.1, 0.15) is 43.1 Å². The SMILES string of the molecule is CC[C@H](C)c1nc2ccc(Br)cc2c(=O)n1N=Cc1cc(Br)cc(OC)c1OCc1ccc(F)cc1. The van der Waals surface area contributed by atoms with Crippen LogP contribution in [0, 0.1) is 5.82 Å². The summed E-state index contributed by atoms with van der Waals surface area (Å²) in [5.74, 6) is 1.20. The van der Waals surface area contributed by atoms with E-state index in [4.69, 9.17) is 14.5 Å². The average Bonchev–Trinajstić information content (AvgIpc) is 2.87. The first-order chi connectivity index (χ1) is 17.3. The first-order valence-electron chi connectivity index (χ1n) is 11.3. The number of hydrogen-bond acceptors (Lipinski definition) is 5. The third-order valence-electron chi connectivity index (χ3n) is 5.76. The van der Waals surface area contributed by atoms with E-state index in [1.165, 1.54) is 16.8 Å². The Morgan fingerprint density at radius 3 is 2.56 bits per heavy atom. The molecule has 0 amide bonds. The summed E-state index contributed by atoms with van der Waals surface area (Å²) < 4.78 is 27.8. The van der Waals surface area contributed by atoms with Crippen molar-refractivity contribution in [3.63, 3.8) is 0 Å². The molecule has 0 bridgehead atoms. The van der Waals surface area contributed by atoms with E-state index < -0.39 is 0 Å². The van der Waals surface area contributed by atoms with Gasteiger partial charge in [-0.1, -0.05) is 57.8 Å². The summed E-state index contributed by atoms with van der Waals surface area (Å²) in [6.45, 7) is 4.25. The molecule has 0 saturated heterocycles. The van der Waals surface area contributed by atoms with Crippen molar-refractivity contribution in [3.05, 3.63) is 96.7 Å². The molecule has 1 aromatic heterocycles. The first kappa shape index (κ1) is 26.0. The fraction of sp³-hybridized carbons (Fsp3) is 0.222. The maximum absolute atomic E-state index is 13.4. The maximum atomic E-state index is 13.4. The van der Waals surface area contributed by atoms with Crippen LogP contribution in [-0.2, 0) is 6.61 Å². The second kappa shape index (κ2) is 11.3. The van der Waals surface area contributed by atoms with E-state index in [2.05, 4.69) is 37.0 Å². The van der Waals surface area contributed by atoms with Crippen molar-refractivity contribution in [2.24, 2.45) is 5.10 Å². The number of fused-ring (bicyclic) bond motifs is 1. The lowest BCUT2D eigenvalue weighted by molar-refractivity contribution is 0.284. The van der Waals surface area contributed by atoms with Crippen LogP contribution in [0.15, 0.2) is 73.4 Å². The summed E-state index contributed by atoms with van der Waals surface area (Å²) in [7, 11) is 1.55. The van der Waals surface area contributed by atoms with E-state index in [0.717, 1.165) is 20.9 Å². The van der Waals surface area contributed by atoms with Gasteiger partial charge in [-0.15, -0.1) is 0 Å². The summed E-state index contributed by atoms with van der Waals surface area (Å²) in [5.41, 5.74) is 1.75. The molecular weight excluding hydrogens is 593 g/mol. The van der Waals surface area contributed by atoms with E-state index in [1.54, 1.807) is 37.6 Å². The second-order valence-electron chi connectivity index (χ2n) is 8.24. The van der Waals surface area contributed by atoms with Crippen LogP contribution >= 0.6 is 31.9 Å². The molecule has 186 valence electrons.